The second-order valence-corrected chi connectivity index (χ2v) is 3.46. The number of halogens is 1. The van der Waals surface area contributed by atoms with E-state index in [2.05, 4.69) is 0 Å². The minimum atomic E-state index is 0.181. The molecule has 0 bridgehead atoms. The molecule has 0 heterocycles. The van der Waals surface area contributed by atoms with Gasteiger partial charge in [-0.1, -0.05) is 35.9 Å². The number of phenolic OH excluding ortho intramolecular Hbond substituents is 1. The van der Waals surface area contributed by atoms with Crippen molar-refractivity contribution in [2.24, 2.45) is 0 Å². The van der Waals surface area contributed by atoms with Crippen LogP contribution in [0.4, 0.5) is 0 Å². The van der Waals surface area contributed by atoms with Gasteiger partial charge in [0, 0.05) is 5.39 Å². The van der Waals surface area contributed by atoms with Gasteiger partial charge in [-0.2, -0.15) is 0 Å². The number of rotatable bonds is 0. The highest BCUT2D eigenvalue weighted by molar-refractivity contribution is 6.37. The van der Waals surface area contributed by atoms with Crippen LogP contribution < -0.4 is 0 Å². The molecule has 0 spiro atoms. The van der Waals surface area contributed by atoms with Crippen molar-refractivity contribution in [2.45, 2.75) is 6.92 Å². The Morgan fingerprint density at radius 3 is 2.69 bits per heavy atom. The molecule has 66 valence electrons. The highest BCUT2D eigenvalue weighted by Gasteiger charge is 2.06. The second-order valence-electron chi connectivity index (χ2n) is 3.08. The van der Waals surface area contributed by atoms with Crippen molar-refractivity contribution in [3.63, 3.8) is 0 Å². The molecule has 0 radical (unpaired) electrons. The van der Waals surface area contributed by atoms with E-state index in [0.717, 1.165) is 16.3 Å². The zero-order chi connectivity index (χ0) is 9.42. The van der Waals surface area contributed by atoms with Gasteiger partial charge in [0.1, 0.15) is 5.75 Å². The third-order valence-corrected chi connectivity index (χ3v) is 2.53. The van der Waals surface area contributed by atoms with E-state index >= 15 is 0 Å². The van der Waals surface area contributed by atoms with Gasteiger partial charge in [0.05, 0.1) is 5.02 Å². The Balaban J connectivity index is 2.94. The van der Waals surface area contributed by atoms with E-state index in [1.165, 1.54) is 0 Å². The third-order valence-electron chi connectivity index (χ3n) is 2.15. The Morgan fingerprint density at radius 2 is 1.92 bits per heavy atom. The highest BCUT2D eigenvalue weighted by atomic mass is 35.5. The summed E-state index contributed by atoms with van der Waals surface area (Å²) in [4.78, 5) is 0. The molecule has 2 aromatic carbocycles. The maximum absolute atomic E-state index is 9.57. The summed E-state index contributed by atoms with van der Waals surface area (Å²) in [5, 5.41) is 12.0. The molecule has 0 aliphatic heterocycles. The zero-order valence-electron chi connectivity index (χ0n) is 7.21. The van der Waals surface area contributed by atoms with Crippen LogP contribution >= 0.6 is 11.6 Å². The fourth-order valence-corrected chi connectivity index (χ4v) is 1.75. The lowest BCUT2D eigenvalue weighted by Gasteiger charge is -2.05. The van der Waals surface area contributed by atoms with E-state index in [1.54, 1.807) is 0 Å². The summed E-state index contributed by atoms with van der Waals surface area (Å²) in [7, 11) is 0. The molecular formula is C11H9ClO. The molecular weight excluding hydrogens is 184 g/mol. The number of aryl methyl sites for hydroxylation is 1. The molecule has 0 aliphatic carbocycles. The minimum Gasteiger partial charge on any atom is -0.506 e. The summed E-state index contributed by atoms with van der Waals surface area (Å²) in [6, 6.07) is 9.67. The lowest BCUT2D eigenvalue weighted by molar-refractivity contribution is 0.472. The first kappa shape index (κ1) is 8.39. The smallest absolute Gasteiger partial charge is 0.137 e. The fourth-order valence-electron chi connectivity index (χ4n) is 1.43. The Hall–Kier alpha value is -1.21. The van der Waals surface area contributed by atoms with Crippen LogP contribution in [-0.4, -0.2) is 5.11 Å². The summed E-state index contributed by atoms with van der Waals surface area (Å²) in [6.07, 6.45) is 0. The molecule has 0 saturated carbocycles. The normalized spacial score (nSPS) is 10.6. The third kappa shape index (κ3) is 1.25. The standard InChI is InChI=1S/C11H9ClO/c1-7-6-8-4-2-3-5-9(8)10(12)11(7)13/h2-6,13H,1H3. The summed E-state index contributed by atoms with van der Waals surface area (Å²) >= 11 is 5.98. The van der Waals surface area contributed by atoms with Crippen LogP contribution in [0.15, 0.2) is 30.3 Å². The van der Waals surface area contributed by atoms with Crippen LogP contribution in [-0.2, 0) is 0 Å². The van der Waals surface area contributed by atoms with Gasteiger partial charge in [-0.05, 0) is 23.9 Å². The number of hydrogen-bond donors (Lipinski definition) is 1. The number of phenols is 1. The lowest BCUT2D eigenvalue weighted by atomic mass is 10.1. The van der Waals surface area contributed by atoms with E-state index < -0.39 is 0 Å². The zero-order valence-corrected chi connectivity index (χ0v) is 7.97. The molecule has 2 heteroatoms. The van der Waals surface area contributed by atoms with Crippen molar-refractivity contribution < 1.29 is 5.11 Å². The van der Waals surface area contributed by atoms with Gasteiger partial charge >= 0.3 is 0 Å². The van der Waals surface area contributed by atoms with Gasteiger partial charge in [0.25, 0.3) is 0 Å². The van der Waals surface area contributed by atoms with Crippen LogP contribution in [0.5, 0.6) is 5.75 Å². The molecule has 13 heavy (non-hydrogen) atoms. The monoisotopic (exact) mass is 192 g/mol. The predicted octanol–water partition coefficient (Wildman–Crippen LogP) is 3.51. The SMILES string of the molecule is Cc1cc2ccccc2c(Cl)c1O. The largest absolute Gasteiger partial charge is 0.506 e. The van der Waals surface area contributed by atoms with E-state index in [-0.39, 0.29) is 5.75 Å². The first-order valence-corrected chi connectivity index (χ1v) is 4.45. The molecule has 0 aromatic heterocycles. The van der Waals surface area contributed by atoms with Gasteiger partial charge in [0.15, 0.2) is 0 Å². The lowest BCUT2D eigenvalue weighted by Crippen LogP contribution is -1.79. The van der Waals surface area contributed by atoms with Gasteiger partial charge in [-0.25, -0.2) is 0 Å². The fraction of sp³-hybridized carbons (Fsp3) is 0.0909. The van der Waals surface area contributed by atoms with Crippen molar-refractivity contribution >= 4 is 22.4 Å². The number of aromatic hydroxyl groups is 1. The van der Waals surface area contributed by atoms with Crippen LogP contribution in [0.1, 0.15) is 5.56 Å². The van der Waals surface area contributed by atoms with Crippen molar-refractivity contribution in [3.8, 4) is 5.75 Å². The molecule has 0 amide bonds. The molecule has 0 saturated heterocycles. The van der Waals surface area contributed by atoms with Crippen LogP contribution in [0.25, 0.3) is 10.8 Å². The Morgan fingerprint density at radius 1 is 1.23 bits per heavy atom. The van der Waals surface area contributed by atoms with Crippen molar-refractivity contribution in [2.75, 3.05) is 0 Å². The highest BCUT2D eigenvalue weighted by Crippen LogP contribution is 2.34. The van der Waals surface area contributed by atoms with E-state index in [0.29, 0.717) is 5.02 Å². The Bertz CT molecular complexity index is 463. The van der Waals surface area contributed by atoms with Crippen LogP contribution in [0, 0.1) is 6.92 Å². The number of fused-ring (bicyclic) bond motifs is 1. The van der Waals surface area contributed by atoms with Gasteiger partial charge in [0.2, 0.25) is 0 Å². The molecule has 2 rings (SSSR count). The molecule has 0 unspecified atom stereocenters. The second kappa shape index (κ2) is 2.93. The quantitative estimate of drug-likeness (QED) is 0.677. The van der Waals surface area contributed by atoms with Crippen molar-refractivity contribution in [1.82, 2.24) is 0 Å². The van der Waals surface area contributed by atoms with Crippen LogP contribution in [0.2, 0.25) is 5.02 Å². The van der Waals surface area contributed by atoms with Crippen molar-refractivity contribution in [3.05, 3.63) is 40.9 Å². The molecule has 0 aliphatic rings. The molecule has 2 aromatic rings. The van der Waals surface area contributed by atoms with Crippen molar-refractivity contribution in [1.29, 1.82) is 0 Å². The average molecular weight is 193 g/mol. The first-order chi connectivity index (χ1) is 6.20. The molecule has 0 fully saturated rings. The van der Waals surface area contributed by atoms with Crippen LogP contribution in [0.3, 0.4) is 0 Å². The summed E-state index contributed by atoms with van der Waals surface area (Å²) < 4.78 is 0. The Kier molecular flexibility index (Phi) is 1.89. The van der Waals surface area contributed by atoms with Gasteiger partial charge in [-0.3, -0.25) is 0 Å². The molecule has 1 N–H and O–H groups in total. The van der Waals surface area contributed by atoms with Gasteiger partial charge < -0.3 is 5.11 Å². The number of benzene rings is 2. The average Bonchev–Trinajstić information content (AvgIpc) is 2.15. The van der Waals surface area contributed by atoms with E-state index in [4.69, 9.17) is 11.6 Å². The first-order valence-electron chi connectivity index (χ1n) is 4.07. The summed E-state index contributed by atoms with van der Waals surface area (Å²) in [5.74, 6) is 0.181. The molecule has 0 atom stereocenters. The minimum absolute atomic E-state index is 0.181. The summed E-state index contributed by atoms with van der Waals surface area (Å²) in [5.41, 5.74) is 0.809. The number of hydrogen-bond acceptors (Lipinski definition) is 1. The predicted molar refractivity (Wildman–Crippen MR) is 55.4 cm³/mol. The van der Waals surface area contributed by atoms with Gasteiger partial charge in [-0.15, -0.1) is 0 Å². The maximum Gasteiger partial charge on any atom is 0.137 e. The molecule has 1 nitrogen and oxygen atoms in total. The maximum atomic E-state index is 9.57. The topological polar surface area (TPSA) is 20.2 Å². The Labute approximate surface area is 81.6 Å². The summed E-state index contributed by atoms with van der Waals surface area (Å²) in [6.45, 7) is 1.84. The van der Waals surface area contributed by atoms with E-state index in [1.807, 2.05) is 37.3 Å². The van der Waals surface area contributed by atoms with E-state index in [9.17, 15) is 5.11 Å².